The van der Waals surface area contributed by atoms with Gasteiger partial charge in [0.25, 0.3) is 0 Å². The van der Waals surface area contributed by atoms with Gasteiger partial charge in [-0.3, -0.25) is 9.59 Å². The molecule has 0 saturated carbocycles. The first-order valence-electron chi connectivity index (χ1n) is 6.92. The number of benzene rings is 1. The molecule has 1 saturated heterocycles. The number of piperazine rings is 1. The van der Waals surface area contributed by atoms with Crippen molar-refractivity contribution in [3.05, 3.63) is 34.3 Å². The van der Waals surface area contributed by atoms with Gasteiger partial charge in [0.05, 0.1) is 5.75 Å². The summed E-state index contributed by atoms with van der Waals surface area (Å²) in [6.45, 7) is 4.17. The van der Waals surface area contributed by atoms with E-state index in [0.29, 0.717) is 31.9 Å². The Kier molecular flexibility index (Phi) is 6.11. The minimum absolute atomic E-state index is 0.0883. The van der Waals surface area contributed by atoms with Crippen LogP contribution in [-0.4, -0.2) is 53.5 Å². The third kappa shape index (κ3) is 4.74. The Morgan fingerprint density at radius 2 is 1.76 bits per heavy atom. The number of amides is 2. The zero-order valence-electron chi connectivity index (χ0n) is 12.0. The summed E-state index contributed by atoms with van der Waals surface area (Å²) in [5.74, 6) is 1.56. The van der Waals surface area contributed by atoms with Crippen molar-refractivity contribution in [1.29, 1.82) is 0 Å². The Morgan fingerprint density at radius 1 is 1.14 bits per heavy atom. The first-order valence-corrected chi connectivity index (χ1v) is 8.87. The number of nitrogens with zero attached hydrogens (tertiary/aromatic N) is 2. The smallest absolute Gasteiger partial charge is 0.232 e. The second-order valence-electron chi connectivity index (χ2n) is 4.97. The third-order valence-corrected chi connectivity index (χ3v) is 5.26. The topological polar surface area (TPSA) is 40.6 Å². The van der Waals surface area contributed by atoms with Crippen LogP contribution < -0.4 is 0 Å². The van der Waals surface area contributed by atoms with Crippen molar-refractivity contribution < 1.29 is 9.59 Å². The van der Waals surface area contributed by atoms with Crippen LogP contribution in [0.15, 0.2) is 28.7 Å². The van der Waals surface area contributed by atoms with Gasteiger partial charge in [0.15, 0.2) is 0 Å². The molecule has 114 valence electrons. The Morgan fingerprint density at radius 3 is 2.38 bits per heavy atom. The highest BCUT2D eigenvalue weighted by atomic mass is 79.9. The standard InChI is InChI=1S/C15H19BrN2O2S/c1-12(19)17-6-8-18(9-7-17)15(20)11-21-10-13-4-2-3-5-14(13)16/h2-5H,6-11H2,1H3. The van der Waals surface area contributed by atoms with Crippen LogP contribution in [0.3, 0.4) is 0 Å². The van der Waals surface area contributed by atoms with E-state index < -0.39 is 0 Å². The highest BCUT2D eigenvalue weighted by Crippen LogP contribution is 2.21. The predicted molar refractivity (Wildman–Crippen MR) is 89.1 cm³/mol. The molecule has 0 aliphatic carbocycles. The van der Waals surface area contributed by atoms with E-state index in [0.717, 1.165) is 10.2 Å². The first-order chi connectivity index (χ1) is 10.1. The molecule has 1 heterocycles. The molecule has 0 N–H and O–H groups in total. The van der Waals surface area contributed by atoms with Crippen molar-refractivity contribution in [3.8, 4) is 0 Å². The third-order valence-electron chi connectivity index (χ3n) is 3.52. The monoisotopic (exact) mass is 370 g/mol. The predicted octanol–water partition coefficient (Wildman–Crippen LogP) is 2.37. The largest absolute Gasteiger partial charge is 0.339 e. The van der Waals surface area contributed by atoms with E-state index in [1.165, 1.54) is 5.56 Å². The molecule has 2 rings (SSSR count). The fraction of sp³-hybridized carbons (Fsp3) is 0.467. The quantitative estimate of drug-likeness (QED) is 0.816. The molecule has 21 heavy (non-hydrogen) atoms. The summed E-state index contributed by atoms with van der Waals surface area (Å²) in [7, 11) is 0. The molecular formula is C15H19BrN2O2S. The fourth-order valence-corrected chi connectivity index (χ4v) is 3.77. The van der Waals surface area contributed by atoms with Crippen LogP contribution in [0.5, 0.6) is 0 Å². The van der Waals surface area contributed by atoms with Gasteiger partial charge in [-0.1, -0.05) is 34.1 Å². The van der Waals surface area contributed by atoms with E-state index >= 15 is 0 Å². The summed E-state index contributed by atoms with van der Waals surface area (Å²) in [5.41, 5.74) is 1.21. The van der Waals surface area contributed by atoms with E-state index in [4.69, 9.17) is 0 Å². The lowest BCUT2D eigenvalue weighted by atomic mass is 10.2. The molecule has 2 amide bonds. The van der Waals surface area contributed by atoms with Crippen LogP contribution >= 0.6 is 27.7 Å². The molecule has 4 nitrogen and oxygen atoms in total. The van der Waals surface area contributed by atoms with Crippen LogP contribution in [-0.2, 0) is 15.3 Å². The first kappa shape index (κ1) is 16.4. The van der Waals surface area contributed by atoms with Gasteiger partial charge >= 0.3 is 0 Å². The Balaban J connectivity index is 1.73. The number of hydrogen-bond acceptors (Lipinski definition) is 3. The van der Waals surface area contributed by atoms with Crippen LogP contribution in [0.4, 0.5) is 0 Å². The molecule has 0 atom stereocenters. The maximum absolute atomic E-state index is 12.1. The van der Waals surface area contributed by atoms with Crippen molar-refractivity contribution in [3.63, 3.8) is 0 Å². The number of thioether (sulfide) groups is 1. The van der Waals surface area contributed by atoms with Crippen molar-refractivity contribution in [2.45, 2.75) is 12.7 Å². The molecular weight excluding hydrogens is 352 g/mol. The number of halogens is 1. The van der Waals surface area contributed by atoms with E-state index in [1.54, 1.807) is 23.6 Å². The van der Waals surface area contributed by atoms with Crippen LogP contribution in [0, 0.1) is 0 Å². The number of carbonyl (C=O) groups is 2. The van der Waals surface area contributed by atoms with E-state index in [2.05, 4.69) is 22.0 Å². The zero-order chi connectivity index (χ0) is 15.2. The van der Waals surface area contributed by atoms with Gasteiger partial charge in [0.1, 0.15) is 0 Å². The lowest BCUT2D eigenvalue weighted by molar-refractivity contribution is -0.136. The van der Waals surface area contributed by atoms with E-state index in [9.17, 15) is 9.59 Å². The van der Waals surface area contributed by atoms with Crippen molar-refractivity contribution in [2.75, 3.05) is 31.9 Å². The minimum Gasteiger partial charge on any atom is -0.339 e. The van der Waals surface area contributed by atoms with Crippen LogP contribution in [0.1, 0.15) is 12.5 Å². The maximum Gasteiger partial charge on any atom is 0.232 e. The van der Waals surface area contributed by atoms with Gasteiger partial charge in [-0.2, -0.15) is 0 Å². The lowest BCUT2D eigenvalue weighted by Gasteiger charge is -2.34. The molecule has 1 fully saturated rings. The van der Waals surface area contributed by atoms with Gasteiger partial charge in [0.2, 0.25) is 11.8 Å². The molecule has 0 radical (unpaired) electrons. The van der Waals surface area contributed by atoms with E-state index in [-0.39, 0.29) is 11.8 Å². The molecule has 0 spiro atoms. The molecule has 1 aliphatic heterocycles. The van der Waals surface area contributed by atoms with Gasteiger partial charge in [-0.05, 0) is 11.6 Å². The van der Waals surface area contributed by atoms with Gasteiger partial charge in [0, 0.05) is 43.3 Å². The zero-order valence-corrected chi connectivity index (χ0v) is 14.5. The van der Waals surface area contributed by atoms with Crippen LogP contribution in [0.25, 0.3) is 0 Å². The normalized spacial score (nSPS) is 15.1. The average molecular weight is 371 g/mol. The molecule has 0 bridgehead atoms. The fourth-order valence-electron chi connectivity index (χ4n) is 2.23. The summed E-state index contributed by atoms with van der Waals surface area (Å²) in [4.78, 5) is 27.0. The molecule has 0 aromatic heterocycles. The molecule has 1 aromatic carbocycles. The number of carbonyl (C=O) groups excluding carboxylic acids is 2. The van der Waals surface area contributed by atoms with Crippen molar-refractivity contribution >= 4 is 39.5 Å². The summed E-state index contributed by atoms with van der Waals surface area (Å²) in [6.07, 6.45) is 0. The second-order valence-corrected chi connectivity index (χ2v) is 6.81. The van der Waals surface area contributed by atoms with Gasteiger partial charge in [-0.25, -0.2) is 0 Å². The Hall–Kier alpha value is -1.01. The van der Waals surface area contributed by atoms with E-state index in [1.807, 2.05) is 23.1 Å². The summed E-state index contributed by atoms with van der Waals surface area (Å²) in [5, 5.41) is 0. The summed E-state index contributed by atoms with van der Waals surface area (Å²) in [6, 6.07) is 8.06. The average Bonchev–Trinajstić information content (AvgIpc) is 2.49. The highest BCUT2D eigenvalue weighted by molar-refractivity contribution is 9.10. The maximum atomic E-state index is 12.1. The minimum atomic E-state index is 0.0883. The molecule has 0 unspecified atom stereocenters. The number of hydrogen-bond donors (Lipinski definition) is 0. The van der Waals surface area contributed by atoms with Crippen molar-refractivity contribution in [1.82, 2.24) is 9.80 Å². The SMILES string of the molecule is CC(=O)N1CCN(C(=O)CSCc2ccccc2Br)CC1. The van der Waals surface area contributed by atoms with Gasteiger partial charge < -0.3 is 9.80 Å². The highest BCUT2D eigenvalue weighted by Gasteiger charge is 2.21. The molecule has 1 aromatic rings. The lowest BCUT2D eigenvalue weighted by Crippen LogP contribution is -2.50. The van der Waals surface area contributed by atoms with Crippen LogP contribution in [0.2, 0.25) is 0 Å². The number of rotatable bonds is 4. The second kappa shape index (κ2) is 7.84. The summed E-state index contributed by atoms with van der Waals surface area (Å²) < 4.78 is 1.08. The Labute approximate surface area is 138 Å². The van der Waals surface area contributed by atoms with Crippen molar-refractivity contribution in [2.24, 2.45) is 0 Å². The molecule has 1 aliphatic rings. The summed E-state index contributed by atoms with van der Waals surface area (Å²) >= 11 is 5.14. The Bertz CT molecular complexity index is 516. The molecule has 6 heteroatoms. The van der Waals surface area contributed by atoms with Gasteiger partial charge in [-0.15, -0.1) is 11.8 Å².